The maximum Gasteiger partial charge on any atom is 0.323 e. The molecule has 2 amide bonds. The maximum absolute atomic E-state index is 12.6. The number of amides is 2. The van der Waals surface area contributed by atoms with Gasteiger partial charge in [0.25, 0.3) is 5.91 Å². The summed E-state index contributed by atoms with van der Waals surface area (Å²) in [5.41, 5.74) is 1.77. The summed E-state index contributed by atoms with van der Waals surface area (Å²) < 4.78 is 0. The van der Waals surface area contributed by atoms with E-state index in [0.29, 0.717) is 31.5 Å². The third-order valence-corrected chi connectivity index (χ3v) is 4.43. The van der Waals surface area contributed by atoms with Crippen molar-refractivity contribution in [1.29, 1.82) is 0 Å². The van der Waals surface area contributed by atoms with Crippen LogP contribution in [0.5, 0.6) is 0 Å². The first-order valence-electron chi connectivity index (χ1n) is 8.23. The number of nitrogens with zero attached hydrogens (tertiary/aromatic N) is 2. The van der Waals surface area contributed by atoms with Crippen molar-refractivity contribution >= 4 is 17.8 Å². The van der Waals surface area contributed by atoms with E-state index < -0.39 is 5.97 Å². The largest absolute Gasteiger partial charge is 0.480 e. The molecule has 1 saturated heterocycles. The molecule has 1 aliphatic rings. The Hall–Kier alpha value is -2.37. The second-order valence-corrected chi connectivity index (χ2v) is 6.28. The Morgan fingerprint density at radius 3 is 2.42 bits per heavy atom. The number of carboxylic acids is 1. The number of hydrogen-bond acceptors (Lipinski definition) is 3. The van der Waals surface area contributed by atoms with Crippen molar-refractivity contribution in [2.24, 2.45) is 0 Å². The smallest absolute Gasteiger partial charge is 0.323 e. The molecule has 1 aromatic rings. The predicted molar refractivity (Wildman–Crippen MR) is 89.7 cm³/mol. The molecule has 0 aromatic heterocycles. The second kappa shape index (κ2) is 7.95. The Labute approximate surface area is 142 Å². The van der Waals surface area contributed by atoms with Crippen molar-refractivity contribution in [2.75, 3.05) is 19.6 Å². The van der Waals surface area contributed by atoms with Crippen molar-refractivity contribution in [3.63, 3.8) is 0 Å². The fourth-order valence-corrected chi connectivity index (χ4v) is 3.12. The van der Waals surface area contributed by atoms with Gasteiger partial charge in [0.15, 0.2) is 0 Å². The molecule has 6 nitrogen and oxygen atoms in total. The first kappa shape index (κ1) is 18.0. The molecule has 0 spiro atoms. The zero-order chi connectivity index (χ0) is 17.7. The molecule has 1 unspecified atom stereocenters. The van der Waals surface area contributed by atoms with E-state index in [-0.39, 0.29) is 24.4 Å². The van der Waals surface area contributed by atoms with E-state index in [9.17, 15) is 14.4 Å². The number of carbonyl (C=O) groups excluding carboxylic acids is 2. The summed E-state index contributed by atoms with van der Waals surface area (Å²) in [6.45, 7) is 4.24. The van der Waals surface area contributed by atoms with Crippen LogP contribution < -0.4 is 0 Å². The molecule has 0 aliphatic carbocycles. The van der Waals surface area contributed by atoms with Crippen LogP contribution in [-0.4, -0.2) is 58.4 Å². The number of carboxylic acid groups (broad SMARTS) is 1. The van der Waals surface area contributed by atoms with Gasteiger partial charge in [-0.05, 0) is 38.3 Å². The molecular weight excluding hydrogens is 308 g/mol. The molecule has 0 bridgehead atoms. The Bertz CT molecular complexity index is 612. The third-order valence-electron chi connectivity index (χ3n) is 4.43. The van der Waals surface area contributed by atoms with E-state index in [1.807, 2.05) is 31.2 Å². The lowest BCUT2D eigenvalue weighted by Crippen LogP contribution is -2.43. The van der Waals surface area contributed by atoms with Gasteiger partial charge in [-0.25, -0.2) is 0 Å². The molecule has 1 fully saturated rings. The average molecular weight is 332 g/mol. The van der Waals surface area contributed by atoms with Crippen molar-refractivity contribution < 1.29 is 19.5 Å². The average Bonchev–Trinajstić information content (AvgIpc) is 2.78. The minimum atomic E-state index is -1.01. The number of likely N-dealkylation sites (tertiary alicyclic amines) is 1. The van der Waals surface area contributed by atoms with Gasteiger partial charge in [-0.1, -0.05) is 17.7 Å². The number of carbonyl (C=O) groups is 3. The molecule has 24 heavy (non-hydrogen) atoms. The molecule has 1 aliphatic heterocycles. The number of hydrogen-bond donors (Lipinski definition) is 1. The van der Waals surface area contributed by atoms with Gasteiger partial charge in [-0.2, -0.15) is 0 Å². The van der Waals surface area contributed by atoms with Crippen molar-refractivity contribution in [2.45, 2.75) is 39.2 Å². The van der Waals surface area contributed by atoms with Gasteiger partial charge in [-0.15, -0.1) is 0 Å². The van der Waals surface area contributed by atoms with Crippen LogP contribution in [0.1, 0.15) is 42.1 Å². The van der Waals surface area contributed by atoms with Crippen LogP contribution in [-0.2, 0) is 9.59 Å². The monoisotopic (exact) mass is 332 g/mol. The highest BCUT2D eigenvalue weighted by molar-refractivity contribution is 5.94. The molecule has 1 aromatic carbocycles. The van der Waals surface area contributed by atoms with E-state index in [1.54, 1.807) is 4.90 Å². The van der Waals surface area contributed by atoms with E-state index in [4.69, 9.17) is 5.11 Å². The summed E-state index contributed by atoms with van der Waals surface area (Å²) in [6.07, 6.45) is 2.07. The standard InChI is InChI=1S/C18H24N2O4/c1-13-5-7-15(8-6-13)18(24)19-10-3-4-16(9-11-19)20(14(2)21)12-17(22)23/h5-8,16H,3-4,9-12H2,1-2H3,(H,22,23). The van der Waals surface area contributed by atoms with Crippen LogP contribution >= 0.6 is 0 Å². The number of aryl methyl sites for hydroxylation is 1. The number of rotatable bonds is 4. The molecule has 6 heteroatoms. The summed E-state index contributed by atoms with van der Waals surface area (Å²) >= 11 is 0. The lowest BCUT2D eigenvalue weighted by Gasteiger charge is -2.28. The Balaban J connectivity index is 2.03. The van der Waals surface area contributed by atoms with Gasteiger partial charge in [0.1, 0.15) is 6.54 Å². The van der Waals surface area contributed by atoms with Crippen LogP contribution in [0.4, 0.5) is 0 Å². The minimum absolute atomic E-state index is 0.0109. The van der Waals surface area contributed by atoms with Gasteiger partial charge in [-0.3, -0.25) is 14.4 Å². The van der Waals surface area contributed by atoms with E-state index in [0.717, 1.165) is 12.0 Å². The normalized spacial score (nSPS) is 17.9. The maximum atomic E-state index is 12.6. The highest BCUT2D eigenvalue weighted by Crippen LogP contribution is 2.19. The summed E-state index contributed by atoms with van der Waals surface area (Å²) in [6, 6.07) is 7.35. The lowest BCUT2D eigenvalue weighted by molar-refractivity contribution is -0.145. The van der Waals surface area contributed by atoms with Gasteiger partial charge >= 0.3 is 5.97 Å². The van der Waals surface area contributed by atoms with Crippen molar-refractivity contribution in [1.82, 2.24) is 9.80 Å². The molecule has 1 heterocycles. The van der Waals surface area contributed by atoms with Crippen LogP contribution in [0.15, 0.2) is 24.3 Å². The van der Waals surface area contributed by atoms with Crippen molar-refractivity contribution in [3.05, 3.63) is 35.4 Å². The van der Waals surface area contributed by atoms with Crippen LogP contribution in [0.2, 0.25) is 0 Å². The zero-order valence-corrected chi connectivity index (χ0v) is 14.2. The topological polar surface area (TPSA) is 77.9 Å². The molecule has 1 N–H and O–H groups in total. The van der Waals surface area contributed by atoms with Gasteiger partial charge in [0.05, 0.1) is 0 Å². The quantitative estimate of drug-likeness (QED) is 0.914. The Kier molecular flexibility index (Phi) is 5.95. The van der Waals surface area contributed by atoms with Gasteiger partial charge in [0, 0.05) is 31.6 Å². The highest BCUT2D eigenvalue weighted by Gasteiger charge is 2.27. The summed E-state index contributed by atoms with van der Waals surface area (Å²) in [7, 11) is 0. The third kappa shape index (κ3) is 4.57. The van der Waals surface area contributed by atoms with E-state index >= 15 is 0 Å². The van der Waals surface area contributed by atoms with E-state index in [1.165, 1.54) is 11.8 Å². The predicted octanol–water partition coefficient (Wildman–Crippen LogP) is 1.92. The highest BCUT2D eigenvalue weighted by atomic mass is 16.4. The summed E-state index contributed by atoms with van der Waals surface area (Å²) in [5.74, 6) is -1.26. The molecule has 130 valence electrons. The van der Waals surface area contributed by atoms with Crippen LogP contribution in [0.3, 0.4) is 0 Å². The molecule has 2 rings (SSSR count). The molecule has 0 radical (unpaired) electrons. The van der Waals surface area contributed by atoms with Crippen molar-refractivity contribution in [3.8, 4) is 0 Å². The van der Waals surface area contributed by atoms with Gasteiger partial charge < -0.3 is 14.9 Å². The zero-order valence-electron chi connectivity index (χ0n) is 14.2. The second-order valence-electron chi connectivity index (χ2n) is 6.28. The number of aliphatic carboxylic acids is 1. The van der Waals surface area contributed by atoms with Gasteiger partial charge in [0.2, 0.25) is 5.91 Å². The van der Waals surface area contributed by atoms with E-state index in [2.05, 4.69) is 0 Å². The summed E-state index contributed by atoms with van der Waals surface area (Å²) in [5, 5.41) is 8.99. The summed E-state index contributed by atoms with van der Waals surface area (Å²) in [4.78, 5) is 38.5. The first-order valence-corrected chi connectivity index (χ1v) is 8.23. The Morgan fingerprint density at radius 1 is 1.17 bits per heavy atom. The van der Waals surface area contributed by atoms with Crippen LogP contribution in [0.25, 0.3) is 0 Å². The van der Waals surface area contributed by atoms with Crippen LogP contribution in [0, 0.1) is 6.92 Å². The Morgan fingerprint density at radius 2 is 1.83 bits per heavy atom. The first-order chi connectivity index (χ1) is 11.4. The minimum Gasteiger partial charge on any atom is -0.480 e. The fourth-order valence-electron chi connectivity index (χ4n) is 3.12. The molecular formula is C18H24N2O4. The fraction of sp³-hybridized carbons (Fsp3) is 0.500. The lowest BCUT2D eigenvalue weighted by atomic mass is 10.1. The molecule has 0 saturated carbocycles. The number of benzene rings is 1. The molecule has 1 atom stereocenters. The SMILES string of the molecule is CC(=O)N(CC(=O)O)C1CCCN(C(=O)c2ccc(C)cc2)CC1.